The van der Waals surface area contributed by atoms with Gasteiger partial charge in [-0.1, -0.05) is 39.8 Å². The fourth-order valence-electron chi connectivity index (χ4n) is 3.22. The summed E-state index contributed by atoms with van der Waals surface area (Å²) in [5.41, 5.74) is 2.33. The van der Waals surface area contributed by atoms with Crippen molar-refractivity contribution in [3.63, 3.8) is 0 Å². The van der Waals surface area contributed by atoms with Gasteiger partial charge in [0.25, 0.3) is 0 Å². The summed E-state index contributed by atoms with van der Waals surface area (Å²) in [4.78, 5) is 14.1. The van der Waals surface area contributed by atoms with E-state index in [2.05, 4.69) is 25.1 Å². The molecule has 1 aliphatic carbocycles. The van der Waals surface area contributed by atoms with Gasteiger partial charge in [-0.05, 0) is 43.4 Å². The van der Waals surface area contributed by atoms with Crippen molar-refractivity contribution in [1.82, 2.24) is 0 Å². The van der Waals surface area contributed by atoms with Crippen molar-refractivity contribution in [2.24, 2.45) is 5.92 Å². The number of rotatable bonds is 1. The third-order valence-corrected chi connectivity index (χ3v) is 3.94. The van der Waals surface area contributed by atoms with Gasteiger partial charge in [-0.25, -0.2) is 0 Å². The number of aryl methyl sites for hydroxylation is 1. The largest absolute Gasteiger partial charge is 0.309 e. The van der Waals surface area contributed by atoms with Crippen LogP contribution in [0.3, 0.4) is 0 Å². The molecular weight excluding hydrogens is 234 g/mol. The molecule has 19 heavy (non-hydrogen) atoms. The van der Waals surface area contributed by atoms with E-state index >= 15 is 0 Å². The van der Waals surface area contributed by atoms with Gasteiger partial charge in [0.2, 0.25) is 5.91 Å². The third kappa shape index (κ3) is 2.99. The fraction of sp³-hybridized carbons (Fsp3) is 0.588. The zero-order valence-electron chi connectivity index (χ0n) is 11.6. The molecule has 2 fully saturated rings. The molecule has 2 unspecified atom stereocenters. The van der Waals surface area contributed by atoms with Crippen LogP contribution < -0.4 is 4.90 Å². The van der Waals surface area contributed by atoms with Crippen LogP contribution in [0.1, 0.15) is 52.5 Å². The second-order valence-electron chi connectivity index (χ2n) is 5.07. The monoisotopic (exact) mass is 261 g/mol. The maximum absolute atomic E-state index is 12.0. The summed E-state index contributed by atoms with van der Waals surface area (Å²) in [6.07, 6.45) is 4.46. The number of carbonyl (C=O) groups is 1. The van der Waals surface area contributed by atoms with Gasteiger partial charge in [0.1, 0.15) is 0 Å². The lowest BCUT2D eigenvalue weighted by atomic mass is 10.0. The normalized spacial score (nSPS) is 24.4. The standard InChI is InChI=1S/C14H17NO.C2H6.CH4/c1-10-4-2-6-12(8-10)15-13-7-3-5-11(13)9-14(15)16;1-2;/h2,4,6,8,11,13H,3,5,7,9H2,1H3;1-2H3;1H4. The van der Waals surface area contributed by atoms with Crippen LogP contribution in [-0.4, -0.2) is 11.9 Å². The van der Waals surface area contributed by atoms with E-state index in [1.165, 1.54) is 24.8 Å². The maximum atomic E-state index is 12.0. The molecule has 1 aliphatic heterocycles. The number of anilines is 1. The number of amides is 1. The molecular formula is C17H27NO. The Balaban J connectivity index is 0.000000576. The van der Waals surface area contributed by atoms with Crippen LogP contribution in [0.2, 0.25) is 0 Å². The molecule has 3 rings (SSSR count). The Bertz CT molecular complexity index is 427. The van der Waals surface area contributed by atoms with E-state index in [1.807, 2.05) is 24.8 Å². The number of nitrogens with zero attached hydrogens (tertiary/aromatic N) is 1. The highest BCUT2D eigenvalue weighted by Gasteiger charge is 2.42. The minimum Gasteiger partial charge on any atom is -0.309 e. The maximum Gasteiger partial charge on any atom is 0.227 e. The average molecular weight is 261 g/mol. The molecule has 0 aromatic heterocycles. The van der Waals surface area contributed by atoms with Crippen LogP contribution in [0.15, 0.2) is 24.3 Å². The number of carbonyl (C=O) groups excluding carboxylic acids is 1. The summed E-state index contributed by atoms with van der Waals surface area (Å²) in [6.45, 7) is 6.08. The smallest absolute Gasteiger partial charge is 0.227 e. The molecule has 106 valence electrons. The Morgan fingerprint density at radius 3 is 2.63 bits per heavy atom. The zero-order chi connectivity index (χ0) is 13.1. The molecule has 2 atom stereocenters. The van der Waals surface area contributed by atoms with E-state index in [0.29, 0.717) is 17.9 Å². The fourth-order valence-corrected chi connectivity index (χ4v) is 3.22. The molecule has 1 saturated carbocycles. The molecule has 1 aromatic rings. The van der Waals surface area contributed by atoms with E-state index in [1.54, 1.807) is 0 Å². The first-order valence-electron chi connectivity index (χ1n) is 7.14. The highest BCUT2D eigenvalue weighted by molar-refractivity contribution is 5.96. The summed E-state index contributed by atoms with van der Waals surface area (Å²) in [7, 11) is 0. The predicted molar refractivity (Wildman–Crippen MR) is 82.5 cm³/mol. The van der Waals surface area contributed by atoms with Gasteiger partial charge in [-0.2, -0.15) is 0 Å². The average Bonchev–Trinajstić information content (AvgIpc) is 2.91. The molecule has 0 N–H and O–H groups in total. The van der Waals surface area contributed by atoms with Crippen molar-refractivity contribution in [2.45, 2.75) is 59.9 Å². The van der Waals surface area contributed by atoms with E-state index in [9.17, 15) is 4.79 Å². The number of benzene rings is 1. The summed E-state index contributed by atoms with van der Waals surface area (Å²) in [5, 5.41) is 0. The first-order valence-corrected chi connectivity index (χ1v) is 7.14. The van der Waals surface area contributed by atoms with Gasteiger partial charge in [0, 0.05) is 18.2 Å². The second kappa shape index (κ2) is 6.74. The van der Waals surface area contributed by atoms with Gasteiger partial charge < -0.3 is 4.90 Å². The first-order chi connectivity index (χ1) is 8.75. The Kier molecular flexibility index (Phi) is 5.59. The van der Waals surface area contributed by atoms with Crippen LogP contribution in [0.5, 0.6) is 0 Å². The third-order valence-electron chi connectivity index (χ3n) is 3.94. The van der Waals surface area contributed by atoms with Gasteiger partial charge >= 0.3 is 0 Å². The van der Waals surface area contributed by atoms with Crippen LogP contribution in [-0.2, 0) is 4.79 Å². The van der Waals surface area contributed by atoms with Gasteiger partial charge in [-0.15, -0.1) is 0 Å². The zero-order valence-corrected chi connectivity index (χ0v) is 11.6. The quantitative estimate of drug-likeness (QED) is 0.725. The number of hydrogen-bond donors (Lipinski definition) is 0. The molecule has 0 bridgehead atoms. The van der Waals surface area contributed by atoms with Crippen molar-refractivity contribution in [1.29, 1.82) is 0 Å². The summed E-state index contributed by atoms with van der Waals surface area (Å²) >= 11 is 0. The van der Waals surface area contributed by atoms with Crippen molar-refractivity contribution in [2.75, 3.05) is 4.90 Å². The van der Waals surface area contributed by atoms with E-state index in [-0.39, 0.29) is 7.43 Å². The molecule has 1 amide bonds. The molecule has 1 saturated heterocycles. The van der Waals surface area contributed by atoms with Crippen molar-refractivity contribution < 1.29 is 4.79 Å². The Labute approximate surface area is 117 Å². The minimum absolute atomic E-state index is 0. The Hall–Kier alpha value is -1.31. The molecule has 2 heteroatoms. The molecule has 2 nitrogen and oxygen atoms in total. The summed E-state index contributed by atoms with van der Waals surface area (Å²) in [6, 6.07) is 8.79. The lowest BCUT2D eigenvalue weighted by Gasteiger charge is -2.24. The van der Waals surface area contributed by atoms with Gasteiger partial charge in [0.05, 0.1) is 0 Å². The predicted octanol–water partition coefficient (Wildman–Crippen LogP) is 4.56. The highest BCUT2D eigenvalue weighted by Crippen LogP contribution is 2.40. The van der Waals surface area contributed by atoms with Crippen LogP contribution in [0.4, 0.5) is 5.69 Å². The lowest BCUT2D eigenvalue weighted by Crippen LogP contribution is -2.33. The molecule has 1 aromatic carbocycles. The molecule has 1 heterocycles. The van der Waals surface area contributed by atoms with E-state index < -0.39 is 0 Å². The van der Waals surface area contributed by atoms with Crippen molar-refractivity contribution in [3.8, 4) is 0 Å². The lowest BCUT2D eigenvalue weighted by molar-refractivity contribution is -0.117. The number of hydrogen-bond acceptors (Lipinski definition) is 1. The van der Waals surface area contributed by atoms with E-state index in [4.69, 9.17) is 0 Å². The number of fused-ring (bicyclic) bond motifs is 1. The van der Waals surface area contributed by atoms with Crippen LogP contribution in [0.25, 0.3) is 0 Å². The molecule has 0 radical (unpaired) electrons. The van der Waals surface area contributed by atoms with Crippen LogP contribution >= 0.6 is 0 Å². The topological polar surface area (TPSA) is 20.3 Å². The Morgan fingerprint density at radius 2 is 1.95 bits per heavy atom. The molecule has 0 spiro atoms. The Morgan fingerprint density at radius 1 is 1.21 bits per heavy atom. The summed E-state index contributed by atoms with van der Waals surface area (Å²) in [5.74, 6) is 0.938. The van der Waals surface area contributed by atoms with Crippen LogP contribution in [0, 0.1) is 12.8 Å². The molecule has 2 aliphatic rings. The summed E-state index contributed by atoms with van der Waals surface area (Å²) < 4.78 is 0. The highest BCUT2D eigenvalue weighted by atomic mass is 16.2. The SMILES string of the molecule is C.CC.Cc1cccc(N2C(=O)CC3CCCC32)c1. The van der Waals surface area contributed by atoms with Gasteiger partial charge in [-0.3, -0.25) is 4.79 Å². The minimum atomic E-state index is 0. The van der Waals surface area contributed by atoms with E-state index in [0.717, 1.165) is 12.1 Å². The van der Waals surface area contributed by atoms with Gasteiger partial charge in [0.15, 0.2) is 0 Å². The first kappa shape index (κ1) is 15.7. The van der Waals surface area contributed by atoms with Crippen molar-refractivity contribution in [3.05, 3.63) is 29.8 Å². The second-order valence-corrected chi connectivity index (χ2v) is 5.07. The van der Waals surface area contributed by atoms with Crippen molar-refractivity contribution >= 4 is 11.6 Å².